The first kappa shape index (κ1) is 19.1. The van der Waals surface area contributed by atoms with Crippen LogP contribution in [0.15, 0.2) is 44.7 Å². The molecule has 140 valence electrons. The van der Waals surface area contributed by atoms with E-state index in [4.69, 9.17) is 9.47 Å². The van der Waals surface area contributed by atoms with Crippen molar-refractivity contribution in [1.82, 2.24) is 9.66 Å². The number of benzene rings is 2. The van der Waals surface area contributed by atoms with Gasteiger partial charge in [-0.25, -0.2) is 4.98 Å². The van der Waals surface area contributed by atoms with Crippen LogP contribution in [0.4, 0.5) is 0 Å². The first-order valence-electron chi connectivity index (χ1n) is 8.47. The Morgan fingerprint density at radius 1 is 1.22 bits per heavy atom. The van der Waals surface area contributed by atoms with Crippen molar-refractivity contribution in [1.29, 1.82) is 0 Å². The minimum absolute atomic E-state index is 0.210. The summed E-state index contributed by atoms with van der Waals surface area (Å²) < 4.78 is 13.0. The fourth-order valence-electron chi connectivity index (χ4n) is 2.95. The number of aryl methyl sites for hydroxylation is 1. The van der Waals surface area contributed by atoms with Crippen LogP contribution in [0.25, 0.3) is 10.9 Å². The van der Waals surface area contributed by atoms with Crippen LogP contribution in [0.1, 0.15) is 23.9 Å². The Labute approximate surface area is 165 Å². The molecular weight excluding hydrogens is 410 g/mol. The highest BCUT2D eigenvalue weighted by atomic mass is 79.9. The van der Waals surface area contributed by atoms with Crippen molar-refractivity contribution in [2.45, 2.75) is 20.3 Å². The number of ether oxygens (including phenoxy) is 2. The van der Waals surface area contributed by atoms with Crippen molar-refractivity contribution >= 4 is 33.0 Å². The number of aromatic nitrogens is 2. The number of nitrogens with zero attached hydrogens (tertiary/aromatic N) is 3. The lowest BCUT2D eigenvalue weighted by molar-refractivity contribution is 0.388. The van der Waals surface area contributed by atoms with Gasteiger partial charge >= 0.3 is 0 Å². The van der Waals surface area contributed by atoms with E-state index >= 15 is 0 Å². The van der Waals surface area contributed by atoms with E-state index in [1.807, 2.05) is 38.1 Å². The fourth-order valence-corrected chi connectivity index (χ4v) is 3.31. The largest absolute Gasteiger partial charge is 0.496 e. The summed E-state index contributed by atoms with van der Waals surface area (Å²) in [5.74, 6) is 1.98. The summed E-state index contributed by atoms with van der Waals surface area (Å²) in [6.45, 7) is 3.85. The molecule has 0 fully saturated rings. The molecule has 0 amide bonds. The zero-order valence-corrected chi connectivity index (χ0v) is 17.2. The molecule has 0 bridgehead atoms. The second-order valence-corrected chi connectivity index (χ2v) is 6.84. The quantitative estimate of drug-likeness (QED) is 0.576. The molecule has 0 aliphatic rings. The van der Waals surface area contributed by atoms with E-state index in [2.05, 4.69) is 26.0 Å². The second kappa shape index (κ2) is 7.92. The predicted molar refractivity (Wildman–Crippen MR) is 110 cm³/mol. The van der Waals surface area contributed by atoms with Crippen molar-refractivity contribution < 1.29 is 9.47 Å². The van der Waals surface area contributed by atoms with Crippen LogP contribution in [-0.4, -0.2) is 30.1 Å². The van der Waals surface area contributed by atoms with Gasteiger partial charge in [0.2, 0.25) is 0 Å². The molecule has 1 aromatic heterocycles. The van der Waals surface area contributed by atoms with E-state index in [0.29, 0.717) is 28.9 Å². The molecule has 2 aromatic carbocycles. The average molecular weight is 430 g/mol. The molecule has 0 saturated heterocycles. The maximum Gasteiger partial charge on any atom is 0.282 e. The Bertz CT molecular complexity index is 1090. The minimum atomic E-state index is -0.210. The Morgan fingerprint density at radius 2 is 2.00 bits per heavy atom. The Balaban J connectivity index is 2.15. The third kappa shape index (κ3) is 3.60. The van der Waals surface area contributed by atoms with E-state index in [1.165, 1.54) is 4.68 Å². The molecule has 6 nitrogen and oxygen atoms in total. The maximum atomic E-state index is 12.9. The van der Waals surface area contributed by atoms with E-state index in [9.17, 15) is 4.79 Å². The molecule has 3 rings (SSSR count). The predicted octanol–water partition coefficient (Wildman–Crippen LogP) is 3.93. The van der Waals surface area contributed by atoms with Crippen LogP contribution in [0.2, 0.25) is 0 Å². The highest BCUT2D eigenvalue weighted by Crippen LogP contribution is 2.30. The van der Waals surface area contributed by atoms with Crippen LogP contribution in [0.3, 0.4) is 0 Å². The van der Waals surface area contributed by atoms with Crippen LogP contribution in [-0.2, 0) is 6.42 Å². The summed E-state index contributed by atoms with van der Waals surface area (Å²) in [5, 5.41) is 4.92. The third-order valence-electron chi connectivity index (χ3n) is 4.31. The smallest absolute Gasteiger partial charge is 0.282 e. The SMILES string of the molecule is CCc1nc2ccc(Br)cc2c(=O)n1N=Cc1ccc(OC)c(C)c1OC. The van der Waals surface area contributed by atoms with Crippen LogP contribution in [0.5, 0.6) is 11.5 Å². The number of hydrogen-bond donors (Lipinski definition) is 0. The molecule has 0 radical (unpaired) electrons. The minimum Gasteiger partial charge on any atom is -0.496 e. The zero-order valence-electron chi connectivity index (χ0n) is 15.6. The molecule has 0 aliphatic carbocycles. The van der Waals surface area contributed by atoms with Gasteiger partial charge in [-0.1, -0.05) is 22.9 Å². The molecule has 27 heavy (non-hydrogen) atoms. The zero-order chi connectivity index (χ0) is 19.6. The molecule has 7 heteroatoms. The van der Waals surface area contributed by atoms with Gasteiger partial charge in [-0.2, -0.15) is 9.78 Å². The van der Waals surface area contributed by atoms with Crippen molar-refractivity contribution in [3.05, 3.63) is 62.1 Å². The molecule has 3 aromatic rings. The van der Waals surface area contributed by atoms with Crippen molar-refractivity contribution in [3.8, 4) is 11.5 Å². The van der Waals surface area contributed by atoms with Gasteiger partial charge in [0, 0.05) is 22.0 Å². The van der Waals surface area contributed by atoms with E-state index in [-0.39, 0.29) is 5.56 Å². The number of halogens is 1. The molecule has 0 saturated carbocycles. The van der Waals surface area contributed by atoms with Gasteiger partial charge in [0.1, 0.15) is 17.3 Å². The lowest BCUT2D eigenvalue weighted by atomic mass is 10.1. The van der Waals surface area contributed by atoms with Gasteiger partial charge in [-0.3, -0.25) is 4.79 Å². The van der Waals surface area contributed by atoms with Crippen molar-refractivity contribution in [3.63, 3.8) is 0 Å². The second-order valence-electron chi connectivity index (χ2n) is 5.92. The van der Waals surface area contributed by atoms with Crippen molar-refractivity contribution in [2.24, 2.45) is 5.10 Å². The van der Waals surface area contributed by atoms with E-state index < -0.39 is 0 Å². The topological polar surface area (TPSA) is 65.7 Å². The molecule has 0 N–H and O–H groups in total. The number of rotatable bonds is 5. The summed E-state index contributed by atoms with van der Waals surface area (Å²) >= 11 is 3.40. The van der Waals surface area contributed by atoms with Gasteiger partial charge in [0.05, 0.1) is 31.3 Å². The number of methoxy groups -OCH3 is 2. The summed E-state index contributed by atoms with van der Waals surface area (Å²) in [6, 6.07) is 9.14. The summed E-state index contributed by atoms with van der Waals surface area (Å²) in [5.41, 5.74) is 2.06. The van der Waals surface area contributed by atoms with Gasteiger partial charge in [0.15, 0.2) is 0 Å². The molecular formula is C20H20BrN3O3. The lowest BCUT2D eigenvalue weighted by Gasteiger charge is -2.12. The molecule has 0 atom stereocenters. The third-order valence-corrected chi connectivity index (χ3v) is 4.81. The summed E-state index contributed by atoms with van der Waals surface area (Å²) in [7, 11) is 3.21. The molecule has 0 unspecified atom stereocenters. The standard InChI is InChI=1S/C20H20BrN3O3/c1-5-18-23-16-8-7-14(21)10-15(16)20(25)24(18)22-11-13-6-9-17(26-3)12(2)19(13)27-4/h6-11H,5H2,1-4H3. The van der Waals surface area contributed by atoms with Gasteiger partial charge < -0.3 is 9.47 Å². The fraction of sp³-hybridized carbons (Fsp3) is 0.250. The number of fused-ring (bicyclic) bond motifs is 1. The Kier molecular flexibility index (Phi) is 5.60. The Morgan fingerprint density at radius 3 is 2.67 bits per heavy atom. The highest BCUT2D eigenvalue weighted by molar-refractivity contribution is 9.10. The van der Waals surface area contributed by atoms with Crippen molar-refractivity contribution in [2.75, 3.05) is 14.2 Å². The molecule has 0 spiro atoms. The Hall–Kier alpha value is -2.67. The summed E-state index contributed by atoms with van der Waals surface area (Å²) in [4.78, 5) is 17.5. The highest BCUT2D eigenvalue weighted by Gasteiger charge is 2.12. The maximum absolute atomic E-state index is 12.9. The first-order chi connectivity index (χ1) is 13.0. The van der Waals surface area contributed by atoms with Crippen LogP contribution >= 0.6 is 15.9 Å². The van der Waals surface area contributed by atoms with Gasteiger partial charge in [-0.05, 0) is 37.3 Å². The average Bonchev–Trinajstić information content (AvgIpc) is 2.67. The normalized spacial score (nSPS) is 11.3. The van der Waals surface area contributed by atoms with E-state index in [0.717, 1.165) is 21.3 Å². The first-order valence-corrected chi connectivity index (χ1v) is 9.26. The van der Waals surface area contributed by atoms with E-state index in [1.54, 1.807) is 26.5 Å². The van der Waals surface area contributed by atoms with Gasteiger partial charge in [0.25, 0.3) is 5.56 Å². The van der Waals surface area contributed by atoms with Crippen LogP contribution < -0.4 is 15.0 Å². The number of hydrogen-bond acceptors (Lipinski definition) is 5. The monoisotopic (exact) mass is 429 g/mol. The molecule has 1 heterocycles. The molecule has 0 aliphatic heterocycles. The van der Waals surface area contributed by atoms with Gasteiger partial charge in [-0.15, -0.1) is 0 Å². The van der Waals surface area contributed by atoms with Crippen LogP contribution in [0, 0.1) is 6.92 Å². The summed E-state index contributed by atoms with van der Waals surface area (Å²) in [6.07, 6.45) is 2.19. The lowest BCUT2D eigenvalue weighted by Crippen LogP contribution is -2.22.